The molecule has 1 unspecified atom stereocenters. The summed E-state index contributed by atoms with van der Waals surface area (Å²) in [6.07, 6.45) is -25.6. The minimum absolute atomic E-state index is 1.97. The number of halogens is 12. The maximum Gasteiger partial charge on any atom is 0.460 e. The number of carbonyl (C=O) groups is 2. The maximum atomic E-state index is 13.3. The third-order valence-electron chi connectivity index (χ3n) is 1.78. The second-order valence-electron chi connectivity index (χ2n) is 3.73. The molecule has 0 radical (unpaired) electrons. The van der Waals surface area contributed by atoms with Crippen LogP contribution in [0.15, 0.2) is 0 Å². The molecule has 24 heavy (non-hydrogen) atoms. The molecule has 0 aliphatic heterocycles. The van der Waals surface area contributed by atoms with Crippen molar-refractivity contribution < 1.29 is 71.7 Å². The SMILES string of the molecule is O=C(C(F)(F)F)C(F)(F)OC(F)(C(=O)OCC(F)(F)F)C(F)(F)F. The van der Waals surface area contributed by atoms with Crippen molar-refractivity contribution in [3.05, 3.63) is 0 Å². The molecule has 0 aromatic carbocycles. The van der Waals surface area contributed by atoms with E-state index in [1.807, 2.05) is 4.74 Å². The number of rotatable bonds is 5. The Kier molecular flexibility index (Phi) is 5.83. The molecule has 0 fully saturated rings. The molecular formula is C8H2F12O4. The Bertz CT molecular complexity index is 489. The average Bonchev–Trinajstić information content (AvgIpc) is 2.30. The predicted octanol–water partition coefficient (Wildman–Crippen LogP) is 3.06. The third-order valence-corrected chi connectivity index (χ3v) is 1.78. The Hall–Kier alpha value is -1.74. The minimum atomic E-state index is -6.91. The van der Waals surface area contributed by atoms with Crippen LogP contribution in [0.1, 0.15) is 0 Å². The molecule has 0 aromatic rings. The molecule has 0 amide bonds. The number of Topliss-reactive ketones (excluding diaryl/α,β-unsaturated/α-hetero) is 1. The lowest BCUT2D eigenvalue weighted by molar-refractivity contribution is -0.391. The van der Waals surface area contributed by atoms with Crippen LogP contribution in [0.25, 0.3) is 0 Å². The largest absolute Gasteiger partial charge is 0.460 e. The van der Waals surface area contributed by atoms with Gasteiger partial charge in [0.1, 0.15) is 0 Å². The van der Waals surface area contributed by atoms with Crippen LogP contribution in [-0.2, 0) is 19.1 Å². The summed E-state index contributed by atoms with van der Waals surface area (Å²) < 4.78 is 150. The summed E-state index contributed by atoms with van der Waals surface area (Å²) in [5.74, 6) is -14.6. The summed E-state index contributed by atoms with van der Waals surface area (Å²) in [6.45, 7) is -2.91. The zero-order valence-corrected chi connectivity index (χ0v) is 10.4. The van der Waals surface area contributed by atoms with E-state index in [0.29, 0.717) is 0 Å². The molecule has 1 atom stereocenters. The van der Waals surface area contributed by atoms with Gasteiger partial charge in [0.15, 0.2) is 6.61 Å². The number of alkyl halides is 12. The fourth-order valence-electron chi connectivity index (χ4n) is 0.843. The predicted molar refractivity (Wildman–Crippen MR) is 44.0 cm³/mol. The lowest BCUT2D eigenvalue weighted by atomic mass is 10.2. The van der Waals surface area contributed by atoms with Gasteiger partial charge in [0, 0.05) is 0 Å². The second kappa shape index (κ2) is 6.29. The van der Waals surface area contributed by atoms with Crippen LogP contribution in [0.2, 0.25) is 0 Å². The Labute approximate surface area is 122 Å². The molecular weight excluding hydrogens is 388 g/mol. The first-order valence-corrected chi connectivity index (χ1v) is 4.93. The number of carbonyl (C=O) groups excluding carboxylic acids is 2. The van der Waals surface area contributed by atoms with Gasteiger partial charge < -0.3 is 4.74 Å². The molecule has 0 aromatic heterocycles. The van der Waals surface area contributed by atoms with E-state index in [1.54, 1.807) is 0 Å². The van der Waals surface area contributed by atoms with Crippen molar-refractivity contribution in [1.82, 2.24) is 0 Å². The van der Waals surface area contributed by atoms with Crippen molar-refractivity contribution in [2.24, 2.45) is 0 Å². The van der Waals surface area contributed by atoms with E-state index in [1.165, 1.54) is 0 Å². The fourth-order valence-corrected chi connectivity index (χ4v) is 0.843. The van der Waals surface area contributed by atoms with Crippen LogP contribution in [0.3, 0.4) is 0 Å². The van der Waals surface area contributed by atoms with Gasteiger partial charge >= 0.3 is 42.2 Å². The summed E-state index contributed by atoms with van der Waals surface area (Å²) in [7, 11) is 0. The Morgan fingerprint density at radius 3 is 1.46 bits per heavy atom. The number of esters is 1. The van der Waals surface area contributed by atoms with Crippen molar-refractivity contribution in [2.75, 3.05) is 6.61 Å². The molecule has 0 heterocycles. The van der Waals surface area contributed by atoms with Crippen molar-refractivity contribution in [2.45, 2.75) is 30.5 Å². The molecule has 16 heteroatoms. The lowest BCUT2D eigenvalue weighted by Crippen LogP contribution is -2.58. The first kappa shape index (κ1) is 22.3. The van der Waals surface area contributed by atoms with Crippen LogP contribution >= 0.6 is 0 Å². The third kappa shape index (κ3) is 5.41. The molecule has 0 aliphatic carbocycles. The molecule has 0 aliphatic rings. The van der Waals surface area contributed by atoms with Crippen molar-refractivity contribution in [3.8, 4) is 0 Å². The van der Waals surface area contributed by atoms with Crippen LogP contribution < -0.4 is 0 Å². The van der Waals surface area contributed by atoms with E-state index in [9.17, 15) is 62.3 Å². The van der Waals surface area contributed by atoms with Gasteiger partial charge in [0.05, 0.1) is 0 Å². The molecule has 0 spiro atoms. The van der Waals surface area contributed by atoms with E-state index in [0.717, 1.165) is 0 Å². The molecule has 0 rings (SSSR count). The van der Waals surface area contributed by atoms with Gasteiger partial charge in [-0.1, -0.05) is 0 Å². The second-order valence-corrected chi connectivity index (χ2v) is 3.73. The van der Waals surface area contributed by atoms with Crippen LogP contribution in [0, 0.1) is 0 Å². The highest BCUT2D eigenvalue weighted by molar-refractivity contribution is 5.90. The summed E-state index contributed by atoms with van der Waals surface area (Å²) in [6, 6.07) is 0. The molecule has 0 N–H and O–H groups in total. The molecule has 142 valence electrons. The highest BCUT2D eigenvalue weighted by Crippen LogP contribution is 2.42. The number of hydrogen-bond acceptors (Lipinski definition) is 4. The normalized spacial score (nSPS) is 16.5. The zero-order chi connectivity index (χ0) is 19.8. The van der Waals surface area contributed by atoms with Crippen molar-refractivity contribution >= 4 is 11.8 Å². The minimum Gasteiger partial charge on any atom is -0.452 e. The van der Waals surface area contributed by atoms with Gasteiger partial charge in [0.25, 0.3) is 0 Å². The average molecular weight is 390 g/mol. The number of hydrogen-bond donors (Lipinski definition) is 0. The summed E-state index contributed by atoms with van der Waals surface area (Å²) >= 11 is 0. The molecule has 0 saturated carbocycles. The van der Waals surface area contributed by atoms with E-state index < -0.39 is 48.9 Å². The van der Waals surface area contributed by atoms with Gasteiger partial charge in [-0.25, -0.2) is 4.79 Å². The quantitative estimate of drug-likeness (QED) is 0.535. The number of ether oxygens (including phenoxy) is 2. The van der Waals surface area contributed by atoms with Crippen molar-refractivity contribution in [1.29, 1.82) is 0 Å². The van der Waals surface area contributed by atoms with Gasteiger partial charge in [-0.05, 0) is 0 Å². The van der Waals surface area contributed by atoms with Crippen LogP contribution in [0.4, 0.5) is 52.7 Å². The summed E-state index contributed by atoms with van der Waals surface area (Å²) in [5.41, 5.74) is 0. The Morgan fingerprint density at radius 1 is 0.750 bits per heavy atom. The molecule has 0 saturated heterocycles. The summed E-state index contributed by atoms with van der Waals surface area (Å²) in [5, 5.41) is 0. The van der Waals surface area contributed by atoms with Gasteiger partial charge in [0.2, 0.25) is 0 Å². The highest BCUT2D eigenvalue weighted by atomic mass is 19.4. The molecule has 4 nitrogen and oxygen atoms in total. The Morgan fingerprint density at radius 2 is 1.17 bits per heavy atom. The molecule has 0 bridgehead atoms. The lowest BCUT2D eigenvalue weighted by Gasteiger charge is -2.29. The number of ketones is 1. The first-order chi connectivity index (χ1) is 10.2. The van der Waals surface area contributed by atoms with E-state index in [2.05, 4.69) is 4.74 Å². The zero-order valence-electron chi connectivity index (χ0n) is 10.4. The summed E-state index contributed by atoms with van der Waals surface area (Å²) in [4.78, 5) is 20.8. The van der Waals surface area contributed by atoms with Crippen LogP contribution in [0.5, 0.6) is 0 Å². The van der Waals surface area contributed by atoms with Crippen molar-refractivity contribution in [3.63, 3.8) is 0 Å². The van der Waals surface area contributed by atoms with Gasteiger partial charge in [-0.15, -0.1) is 0 Å². The maximum absolute atomic E-state index is 13.3. The van der Waals surface area contributed by atoms with E-state index in [-0.39, 0.29) is 0 Å². The van der Waals surface area contributed by atoms with E-state index in [4.69, 9.17) is 0 Å². The topological polar surface area (TPSA) is 52.6 Å². The fraction of sp³-hybridized carbons (Fsp3) is 0.750. The first-order valence-electron chi connectivity index (χ1n) is 4.93. The smallest absolute Gasteiger partial charge is 0.452 e. The van der Waals surface area contributed by atoms with Gasteiger partial charge in [-0.2, -0.15) is 52.7 Å². The standard InChI is InChI=1S/C8H2F12O4/c9-4(10,11)1-23-3(22)5(12,8(18,19)20)24-7(16,17)2(21)6(13,14)15/h1H2. The monoisotopic (exact) mass is 390 g/mol. The highest BCUT2D eigenvalue weighted by Gasteiger charge is 2.72. The van der Waals surface area contributed by atoms with E-state index >= 15 is 0 Å². The Balaban J connectivity index is 5.64. The van der Waals surface area contributed by atoms with Crippen LogP contribution in [-0.4, -0.2) is 48.9 Å². The van der Waals surface area contributed by atoms with Gasteiger partial charge in [-0.3, -0.25) is 9.53 Å².